The van der Waals surface area contributed by atoms with Crippen LogP contribution in [0.5, 0.6) is 0 Å². The summed E-state index contributed by atoms with van der Waals surface area (Å²) >= 11 is 0. The van der Waals surface area contributed by atoms with Gasteiger partial charge in [-0.05, 0) is 29.8 Å². The number of benzene rings is 2. The molecule has 3 nitrogen and oxygen atoms in total. The highest BCUT2D eigenvalue weighted by atomic mass is 15.1. The maximum atomic E-state index is 9.76. The second-order valence-electron chi connectivity index (χ2n) is 5.71. The molecular formula is C21H15N3. The molecule has 0 radical (unpaired) electrons. The zero-order valence-corrected chi connectivity index (χ0v) is 13.3. The summed E-state index contributed by atoms with van der Waals surface area (Å²) < 4.78 is 0. The average molecular weight is 309 g/mol. The fourth-order valence-corrected chi connectivity index (χ4v) is 3.05. The van der Waals surface area contributed by atoms with Gasteiger partial charge in [-0.25, -0.2) is 4.98 Å². The van der Waals surface area contributed by atoms with Crippen LogP contribution in [0.4, 0.5) is 5.69 Å². The molecule has 0 spiro atoms. The van der Waals surface area contributed by atoms with E-state index >= 15 is 0 Å². The van der Waals surface area contributed by atoms with E-state index in [2.05, 4.69) is 23.2 Å². The minimum absolute atomic E-state index is 0.578. The number of aromatic nitrogens is 1. The zero-order valence-electron chi connectivity index (χ0n) is 13.3. The summed E-state index contributed by atoms with van der Waals surface area (Å²) in [4.78, 5) is 6.72. The Balaban J connectivity index is 1.89. The van der Waals surface area contributed by atoms with Crippen LogP contribution in [0.3, 0.4) is 0 Å². The van der Waals surface area contributed by atoms with Crippen LogP contribution in [0.15, 0.2) is 72.4 Å². The van der Waals surface area contributed by atoms with Crippen LogP contribution in [0.2, 0.25) is 0 Å². The van der Waals surface area contributed by atoms with Crippen molar-refractivity contribution in [2.24, 2.45) is 0 Å². The number of anilines is 1. The zero-order chi connectivity index (χ0) is 16.5. The van der Waals surface area contributed by atoms with Crippen molar-refractivity contribution in [1.29, 1.82) is 5.26 Å². The number of rotatable bonds is 1. The number of fused-ring (bicyclic) bond motifs is 2. The Bertz CT molecular complexity index is 1040. The Morgan fingerprint density at radius 1 is 0.958 bits per heavy atom. The first-order valence-corrected chi connectivity index (χ1v) is 7.79. The van der Waals surface area contributed by atoms with Gasteiger partial charge in [-0.1, -0.05) is 48.5 Å². The van der Waals surface area contributed by atoms with Gasteiger partial charge in [-0.15, -0.1) is 0 Å². The summed E-state index contributed by atoms with van der Waals surface area (Å²) in [6.07, 6.45) is 4.03. The summed E-state index contributed by atoms with van der Waals surface area (Å²) in [7, 11) is 1.98. The molecular weight excluding hydrogens is 294 g/mol. The van der Waals surface area contributed by atoms with Crippen molar-refractivity contribution in [3.05, 3.63) is 83.7 Å². The van der Waals surface area contributed by atoms with Crippen LogP contribution < -0.4 is 4.90 Å². The molecule has 3 heteroatoms. The van der Waals surface area contributed by atoms with Crippen molar-refractivity contribution < 1.29 is 0 Å². The molecule has 4 rings (SSSR count). The third kappa shape index (κ3) is 2.26. The van der Waals surface area contributed by atoms with Gasteiger partial charge in [0, 0.05) is 18.1 Å². The van der Waals surface area contributed by atoms with Gasteiger partial charge in [0.1, 0.15) is 11.6 Å². The molecule has 0 bridgehead atoms. The smallest absolute Gasteiger partial charge is 0.104 e. The quantitative estimate of drug-likeness (QED) is 0.615. The van der Waals surface area contributed by atoms with E-state index in [1.165, 1.54) is 0 Å². The molecule has 3 aromatic rings. The molecule has 2 heterocycles. The van der Waals surface area contributed by atoms with Crippen molar-refractivity contribution in [3.63, 3.8) is 0 Å². The molecule has 1 aliphatic rings. The van der Waals surface area contributed by atoms with Crippen molar-refractivity contribution in [1.82, 2.24) is 4.98 Å². The molecule has 114 valence electrons. The molecule has 2 aromatic carbocycles. The van der Waals surface area contributed by atoms with Crippen LogP contribution in [0, 0.1) is 11.3 Å². The lowest BCUT2D eigenvalue weighted by atomic mass is 10.0. The molecule has 1 aliphatic heterocycles. The lowest BCUT2D eigenvalue weighted by molar-refractivity contribution is 1.12. The lowest BCUT2D eigenvalue weighted by Crippen LogP contribution is -2.20. The SMILES string of the molecule is CN1/C(=C(\C#N)c2ccc3ccccc3n2)C=Cc2ccccc21. The standard InChI is InChI=1S/C21H15N3/c1-24-20-9-5-3-7-16(20)11-13-21(24)17(14-22)19-12-10-15-6-2-4-8-18(15)23-19/h2-13H,1H3/b21-17+. The lowest BCUT2D eigenvalue weighted by Gasteiger charge is -2.27. The normalized spacial score (nSPS) is 15.1. The number of hydrogen-bond acceptors (Lipinski definition) is 3. The van der Waals surface area contributed by atoms with E-state index in [0.29, 0.717) is 11.3 Å². The molecule has 0 aliphatic carbocycles. The molecule has 0 unspecified atom stereocenters. The van der Waals surface area contributed by atoms with Crippen molar-refractivity contribution in [2.45, 2.75) is 0 Å². The minimum atomic E-state index is 0.578. The van der Waals surface area contributed by atoms with Gasteiger partial charge in [0.05, 0.1) is 16.9 Å². The monoisotopic (exact) mass is 309 g/mol. The Kier molecular flexibility index (Phi) is 3.36. The van der Waals surface area contributed by atoms with Gasteiger partial charge in [-0.3, -0.25) is 0 Å². The summed E-state index contributed by atoms with van der Waals surface area (Å²) in [5.41, 5.74) is 5.26. The van der Waals surface area contributed by atoms with Gasteiger partial charge in [0.15, 0.2) is 0 Å². The molecule has 0 saturated carbocycles. The van der Waals surface area contributed by atoms with Gasteiger partial charge in [-0.2, -0.15) is 5.26 Å². The number of likely N-dealkylation sites (N-methyl/N-ethyl adjacent to an activating group) is 1. The van der Waals surface area contributed by atoms with E-state index in [9.17, 15) is 5.26 Å². The summed E-state index contributed by atoms with van der Waals surface area (Å²) in [6, 6.07) is 22.3. The number of pyridine rings is 1. The highest BCUT2D eigenvalue weighted by molar-refractivity contribution is 5.90. The fraction of sp³-hybridized carbons (Fsp3) is 0.0476. The van der Waals surface area contributed by atoms with Crippen LogP contribution in [-0.2, 0) is 0 Å². The van der Waals surface area contributed by atoms with E-state index in [1.807, 2.05) is 72.6 Å². The molecule has 0 fully saturated rings. The topological polar surface area (TPSA) is 39.9 Å². The first-order valence-electron chi connectivity index (χ1n) is 7.79. The van der Waals surface area contributed by atoms with Gasteiger partial charge < -0.3 is 4.90 Å². The summed E-state index contributed by atoms with van der Waals surface area (Å²) in [5.74, 6) is 0. The first-order chi connectivity index (χ1) is 11.8. The number of para-hydroxylation sites is 2. The van der Waals surface area contributed by atoms with Crippen LogP contribution in [-0.4, -0.2) is 12.0 Å². The maximum absolute atomic E-state index is 9.76. The van der Waals surface area contributed by atoms with E-state index in [0.717, 1.165) is 27.9 Å². The van der Waals surface area contributed by atoms with E-state index < -0.39 is 0 Å². The molecule has 0 atom stereocenters. The van der Waals surface area contributed by atoms with Crippen molar-refractivity contribution >= 4 is 28.2 Å². The summed E-state index contributed by atoms with van der Waals surface area (Å²) in [6.45, 7) is 0. The second-order valence-corrected chi connectivity index (χ2v) is 5.71. The minimum Gasteiger partial charge on any atom is -0.343 e. The van der Waals surface area contributed by atoms with Crippen molar-refractivity contribution in [3.8, 4) is 6.07 Å². The Labute approximate surface area is 140 Å². The van der Waals surface area contributed by atoms with Crippen LogP contribution >= 0.6 is 0 Å². The maximum Gasteiger partial charge on any atom is 0.104 e. The molecule has 1 aromatic heterocycles. The molecule has 24 heavy (non-hydrogen) atoms. The highest BCUT2D eigenvalue weighted by Gasteiger charge is 2.18. The first kappa shape index (κ1) is 14.2. The number of nitriles is 1. The molecule has 0 amide bonds. The average Bonchev–Trinajstić information content (AvgIpc) is 2.64. The van der Waals surface area contributed by atoms with E-state index in [1.54, 1.807) is 0 Å². The van der Waals surface area contributed by atoms with Crippen LogP contribution in [0.25, 0.3) is 22.6 Å². The van der Waals surface area contributed by atoms with E-state index in [4.69, 9.17) is 0 Å². The third-order valence-corrected chi connectivity index (χ3v) is 4.30. The molecule has 0 N–H and O–H groups in total. The third-order valence-electron chi connectivity index (χ3n) is 4.30. The Hall–Kier alpha value is -3.38. The second kappa shape index (κ2) is 5.68. The number of allylic oxidation sites excluding steroid dienone is 2. The fourth-order valence-electron chi connectivity index (χ4n) is 3.05. The largest absolute Gasteiger partial charge is 0.343 e. The number of nitrogens with zero attached hydrogens (tertiary/aromatic N) is 3. The summed E-state index contributed by atoms with van der Waals surface area (Å²) in [5, 5.41) is 10.8. The van der Waals surface area contributed by atoms with Crippen molar-refractivity contribution in [2.75, 3.05) is 11.9 Å². The van der Waals surface area contributed by atoms with Crippen LogP contribution in [0.1, 0.15) is 11.3 Å². The molecule has 0 saturated heterocycles. The van der Waals surface area contributed by atoms with Gasteiger partial charge >= 0.3 is 0 Å². The Morgan fingerprint density at radius 2 is 1.75 bits per heavy atom. The Morgan fingerprint density at radius 3 is 2.62 bits per heavy atom. The van der Waals surface area contributed by atoms with Gasteiger partial charge in [0.25, 0.3) is 0 Å². The predicted molar refractivity (Wildman–Crippen MR) is 98.2 cm³/mol. The van der Waals surface area contributed by atoms with Gasteiger partial charge in [0.2, 0.25) is 0 Å². The predicted octanol–water partition coefficient (Wildman–Crippen LogP) is 4.63. The number of hydrogen-bond donors (Lipinski definition) is 0. The highest BCUT2D eigenvalue weighted by Crippen LogP contribution is 2.33. The van der Waals surface area contributed by atoms with E-state index in [-0.39, 0.29) is 0 Å².